The molecule has 62 valence electrons. The third kappa shape index (κ3) is 0.958. The third-order valence-electron chi connectivity index (χ3n) is 1.83. The fraction of sp³-hybridized carbons (Fsp3) is 0.250. The van der Waals surface area contributed by atoms with E-state index < -0.39 is 5.82 Å². The van der Waals surface area contributed by atoms with Gasteiger partial charge in [-0.1, -0.05) is 0 Å². The number of halogens is 1. The van der Waals surface area contributed by atoms with E-state index >= 15 is 0 Å². The number of nitroso groups, excluding NO2 is 1. The molecule has 0 N–H and O–H groups in total. The maximum absolute atomic E-state index is 12.8. The molecule has 0 aliphatic carbocycles. The van der Waals surface area contributed by atoms with Crippen molar-refractivity contribution in [2.75, 3.05) is 6.61 Å². The van der Waals surface area contributed by atoms with Gasteiger partial charge < -0.3 is 4.74 Å². The average Bonchev–Trinajstić information content (AvgIpc) is 2.50. The number of benzene rings is 1. The molecule has 0 saturated carbocycles. The standard InChI is InChI=1S/C8H6FNO2/c9-6-3-5-1-2-12-8(5)7(4-6)10-11/h3-4H,1-2H2. The Bertz CT molecular complexity index is 338. The molecule has 0 amide bonds. The van der Waals surface area contributed by atoms with E-state index in [2.05, 4.69) is 5.18 Å². The van der Waals surface area contributed by atoms with Crippen LogP contribution in [-0.4, -0.2) is 6.61 Å². The summed E-state index contributed by atoms with van der Waals surface area (Å²) in [7, 11) is 0. The quantitative estimate of drug-likeness (QED) is 0.601. The fourth-order valence-corrected chi connectivity index (χ4v) is 1.32. The van der Waals surface area contributed by atoms with Gasteiger partial charge in [-0.25, -0.2) is 4.39 Å². The van der Waals surface area contributed by atoms with Crippen molar-refractivity contribution < 1.29 is 9.13 Å². The zero-order valence-corrected chi connectivity index (χ0v) is 6.21. The predicted molar refractivity (Wildman–Crippen MR) is 41.1 cm³/mol. The molecule has 1 aromatic carbocycles. The molecule has 3 nitrogen and oxygen atoms in total. The maximum Gasteiger partial charge on any atom is 0.153 e. The van der Waals surface area contributed by atoms with Crippen LogP contribution in [0.2, 0.25) is 0 Å². The number of nitrogens with zero attached hydrogens (tertiary/aromatic N) is 1. The molecule has 1 aliphatic heterocycles. The van der Waals surface area contributed by atoms with Gasteiger partial charge in [0, 0.05) is 18.1 Å². The number of ether oxygens (including phenoxy) is 1. The van der Waals surface area contributed by atoms with Gasteiger partial charge in [0.2, 0.25) is 0 Å². The van der Waals surface area contributed by atoms with Crippen LogP contribution in [0.1, 0.15) is 5.56 Å². The van der Waals surface area contributed by atoms with Crippen LogP contribution in [0.3, 0.4) is 0 Å². The number of rotatable bonds is 1. The van der Waals surface area contributed by atoms with Gasteiger partial charge in [-0.3, -0.25) is 0 Å². The Labute approximate surface area is 68.1 Å². The smallest absolute Gasteiger partial charge is 0.153 e. The molecule has 0 bridgehead atoms. The summed E-state index contributed by atoms with van der Waals surface area (Å²) in [6.07, 6.45) is 0.648. The van der Waals surface area contributed by atoms with Crippen LogP contribution in [0.5, 0.6) is 5.75 Å². The molecule has 0 saturated heterocycles. The van der Waals surface area contributed by atoms with E-state index in [4.69, 9.17) is 4.74 Å². The lowest BCUT2D eigenvalue weighted by molar-refractivity contribution is 0.357. The maximum atomic E-state index is 12.8. The summed E-state index contributed by atoms with van der Waals surface area (Å²) in [4.78, 5) is 10.2. The average molecular weight is 167 g/mol. The minimum atomic E-state index is -0.436. The molecule has 0 unspecified atom stereocenters. The summed E-state index contributed by atoms with van der Waals surface area (Å²) in [5.41, 5.74) is 0.784. The summed E-state index contributed by atoms with van der Waals surface area (Å²) < 4.78 is 17.9. The van der Waals surface area contributed by atoms with Crippen LogP contribution in [-0.2, 0) is 6.42 Å². The van der Waals surface area contributed by atoms with Crippen LogP contribution >= 0.6 is 0 Å². The van der Waals surface area contributed by atoms with Gasteiger partial charge in [-0.2, -0.15) is 0 Å². The molecule has 1 aromatic rings. The zero-order chi connectivity index (χ0) is 8.55. The van der Waals surface area contributed by atoms with Crippen molar-refractivity contribution in [3.05, 3.63) is 28.4 Å². The molecule has 2 rings (SSSR count). The topological polar surface area (TPSA) is 38.7 Å². The predicted octanol–water partition coefficient (Wildman–Crippen LogP) is 2.16. The number of hydrogen-bond acceptors (Lipinski definition) is 3. The lowest BCUT2D eigenvalue weighted by Crippen LogP contribution is -1.86. The van der Waals surface area contributed by atoms with Crippen molar-refractivity contribution in [2.45, 2.75) is 6.42 Å². The van der Waals surface area contributed by atoms with Crippen molar-refractivity contribution >= 4 is 5.69 Å². The van der Waals surface area contributed by atoms with Gasteiger partial charge in [-0.15, -0.1) is 4.91 Å². The Hall–Kier alpha value is -1.45. The van der Waals surface area contributed by atoms with E-state index in [0.29, 0.717) is 18.8 Å². The van der Waals surface area contributed by atoms with E-state index in [-0.39, 0.29) is 5.69 Å². The first kappa shape index (κ1) is 7.21. The van der Waals surface area contributed by atoms with Gasteiger partial charge in [-0.05, 0) is 11.2 Å². The lowest BCUT2D eigenvalue weighted by atomic mass is 10.1. The molecular formula is C8H6FNO2. The highest BCUT2D eigenvalue weighted by atomic mass is 19.1. The molecule has 0 fully saturated rings. The summed E-state index contributed by atoms with van der Waals surface area (Å²) in [6, 6.07) is 2.45. The lowest BCUT2D eigenvalue weighted by Gasteiger charge is -2.00. The Kier molecular flexibility index (Phi) is 1.53. The second-order valence-electron chi connectivity index (χ2n) is 2.60. The molecule has 0 spiro atoms. The van der Waals surface area contributed by atoms with Gasteiger partial charge in [0.25, 0.3) is 0 Å². The van der Waals surface area contributed by atoms with E-state index in [0.717, 1.165) is 11.6 Å². The van der Waals surface area contributed by atoms with Crippen LogP contribution in [0.4, 0.5) is 10.1 Å². The third-order valence-corrected chi connectivity index (χ3v) is 1.83. The highest BCUT2D eigenvalue weighted by Crippen LogP contribution is 2.36. The first-order valence-corrected chi connectivity index (χ1v) is 3.60. The monoisotopic (exact) mass is 167 g/mol. The second kappa shape index (κ2) is 2.55. The minimum Gasteiger partial charge on any atom is -0.491 e. The van der Waals surface area contributed by atoms with Crippen LogP contribution in [0.25, 0.3) is 0 Å². The molecule has 1 aliphatic rings. The number of fused-ring (bicyclic) bond motifs is 1. The van der Waals surface area contributed by atoms with Gasteiger partial charge in [0.15, 0.2) is 11.4 Å². The largest absolute Gasteiger partial charge is 0.491 e. The van der Waals surface area contributed by atoms with Crippen molar-refractivity contribution in [2.24, 2.45) is 5.18 Å². The Morgan fingerprint density at radius 2 is 2.33 bits per heavy atom. The minimum absolute atomic E-state index is 0.0579. The Morgan fingerprint density at radius 3 is 3.08 bits per heavy atom. The first-order valence-electron chi connectivity index (χ1n) is 3.60. The van der Waals surface area contributed by atoms with Gasteiger partial charge >= 0.3 is 0 Å². The SMILES string of the molecule is O=Nc1cc(F)cc2c1OCC2. The summed E-state index contributed by atoms with van der Waals surface area (Å²) in [5, 5.41) is 2.69. The van der Waals surface area contributed by atoms with Crippen LogP contribution in [0, 0.1) is 10.7 Å². The van der Waals surface area contributed by atoms with E-state index in [1.54, 1.807) is 0 Å². The van der Waals surface area contributed by atoms with Crippen molar-refractivity contribution in [3.63, 3.8) is 0 Å². The first-order chi connectivity index (χ1) is 5.81. The van der Waals surface area contributed by atoms with Gasteiger partial charge in [0.1, 0.15) is 5.82 Å². The van der Waals surface area contributed by atoms with Crippen LogP contribution < -0.4 is 4.74 Å². The van der Waals surface area contributed by atoms with Crippen molar-refractivity contribution in [1.82, 2.24) is 0 Å². The van der Waals surface area contributed by atoms with E-state index in [1.165, 1.54) is 6.07 Å². The van der Waals surface area contributed by atoms with E-state index in [9.17, 15) is 9.30 Å². The molecule has 0 aromatic heterocycles. The van der Waals surface area contributed by atoms with Crippen molar-refractivity contribution in [1.29, 1.82) is 0 Å². The van der Waals surface area contributed by atoms with Gasteiger partial charge in [0.05, 0.1) is 6.61 Å². The molecule has 0 radical (unpaired) electrons. The molecular weight excluding hydrogens is 161 g/mol. The van der Waals surface area contributed by atoms with Crippen molar-refractivity contribution in [3.8, 4) is 5.75 Å². The second-order valence-corrected chi connectivity index (χ2v) is 2.60. The zero-order valence-electron chi connectivity index (χ0n) is 6.21. The Balaban J connectivity index is 2.62. The molecule has 0 atom stereocenters. The van der Waals surface area contributed by atoms with Crippen LogP contribution in [0.15, 0.2) is 17.3 Å². The summed E-state index contributed by atoms with van der Waals surface area (Å²) in [6.45, 7) is 0.501. The molecule has 12 heavy (non-hydrogen) atoms. The molecule has 1 heterocycles. The molecule has 4 heteroatoms. The Morgan fingerprint density at radius 1 is 1.50 bits per heavy atom. The highest BCUT2D eigenvalue weighted by molar-refractivity contribution is 5.57. The highest BCUT2D eigenvalue weighted by Gasteiger charge is 2.18. The fourth-order valence-electron chi connectivity index (χ4n) is 1.32. The number of hydrogen-bond donors (Lipinski definition) is 0. The summed E-state index contributed by atoms with van der Waals surface area (Å²) in [5.74, 6) is 0.000231. The van der Waals surface area contributed by atoms with E-state index in [1.807, 2.05) is 0 Å². The normalized spacial score (nSPS) is 13.8. The summed E-state index contributed by atoms with van der Waals surface area (Å²) >= 11 is 0.